The smallest absolute Gasteiger partial charge is 0.191 e. The molecule has 0 saturated heterocycles. The van der Waals surface area contributed by atoms with Gasteiger partial charge in [0.2, 0.25) is 0 Å². The average Bonchev–Trinajstić information content (AvgIpc) is 2.50. The molecule has 0 spiro atoms. The van der Waals surface area contributed by atoms with E-state index in [-0.39, 0.29) is 0 Å². The van der Waals surface area contributed by atoms with Crippen LogP contribution in [-0.2, 0) is 0 Å². The van der Waals surface area contributed by atoms with Gasteiger partial charge in [-0.2, -0.15) is 5.10 Å². The lowest BCUT2D eigenvalue weighted by molar-refractivity contribution is 1.04. The zero-order chi connectivity index (χ0) is 15.2. The van der Waals surface area contributed by atoms with Gasteiger partial charge in [0, 0.05) is 23.6 Å². The Morgan fingerprint density at radius 2 is 2.00 bits per heavy atom. The zero-order valence-corrected chi connectivity index (χ0v) is 13.2. The number of benzene rings is 1. The van der Waals surface area contributed by atoms with Crippen molar-refractivity contribution in [3.05, 3.63) is 59.4 Å². The van der Waals surface area contributed by atoms with E-state index in [9.17, 15) is 0 Å². The number of thiocarbonyl (C=S) groups is 1. The van der Waals surface area contributed by atoms with E-state index in [1.54, 1.807) is 12.4 Å². The highest BCUT2D eigenvalue weighted by atomic mass is 32.1. The number of hydrogen-bond donors (Lipinski definition) is 2. The summed E-state index contributed by atoms with van der Waals surface area (Å²) in [6.07, 6.45) is 3.50. The molecular weight excluding hydrogens is 280 g/mol. The number of aromatic nitrogens is 1. The van der Waals surface area contributed by atoms with Gasteiger partial charge in [0.05, 0.1) is 5.71 Å². The first-order valence-corrected chi connectivity index (χ1v) is 7.06. The second-order valence-electron chi connectivity index (χ2n) is 4.75. The standard InChI is InChI=1S/C16H18N4S/c1-11-6-4-8-15(12(11)2)18-16(21)20-19-13(3)14-7-5-9-17-10-14/h4-10H,1-3H3,(H2,18,20,21)/b19-13-. The van der Waals surface area contributed by atoms with E-state index in [0.717, 1.165) is 17.0 Å². The van der Waals surface area contributed by atoms with Crippen LogP contribution in [0.5, 0.6) is 0 Å². The molecule has 1 aromatic carbocycles. The molecule has 2 aromatic rings. The number of hydrazone groups is 1. The van der Waals surface area contributed by atoms with Crippen LogP contribution in [0.2, 0.25) is 0 Å². The minimum atomic E-state index is 0.465. The molecule has 0 unspecified atom stereocenters. The van der Waals surface area contributed by atoms with Crippen molar-refractivity contribution in [1.29, 1.82) is 0 Å². The highest BCUT2D eigenvalue weighted by molar-refractivity contribution is 7.80. The summed E-state index contributed by atoms with van der Waals surface area (Å²) in [7, 11) is 0. The van der Waals surface area contributed by atoms with E-state index in [1.807, 2.05) is 31.2 Å². The first-order valence-electron chi connectivity index (χ1n) is 6.66. The molecular formula is C16H18N4S. The quantitative estimate of drug-likeness (QED) is 0.518. The second-order valence-corrected chi connectivity index (χ2v) is 5.16. The Labute approximate surface area is 130 Å². The Bertz CT molecular complexity index is 665. The van der Waals surface area contributed by atoms with Gasteiger partial charge in [-0.05, 0) is 56.2 Å². The van der Waals surface area contributed by atoms with Crippen LogP contribution >= 0.6 is 12.2 Å². The zero-order valence-electron chi connectivity index (χ0n) is 12.3. The van der Waals surface area contributed by atoms with Crippen molar-refractivity contribution in [3.8, 4) is 0 Å². The number of aryl methyl sites for hydroxylation is 1. The van der Waals surface area contributed by atoms with Crippen molar-refractivity contribution in [2.45, 2.75) is 20.8 Å². The summed E-state index contributed by atoms with van der Waals surface area (Å²) in [4.78, 5) is 4.06. The molecule has 0 aliphatic heterocycles. The van der Waals surface area contributed by atoms with Crippen molar-refractivity contribution < 1.29 is 0 Å². The first kappa shape index (κ1) is 15.1. The highest BCUT2D eigenvalue weighted by Crippen LogP contribution is 2.17. The molecule has 0 aliphatic rings. The summed E-state index contributed by atoms with van der Waals surface area (Å²) < 4.78 is 0. The number of nitrogens with zero attached hydrogens (tertiary/aromatic N) is 2. The molecule has 0 bridgehead atoms. The molecule has 0 radical (unpaired) electrons. The Morgan fingerprint density at radius 3 is 2.71 bits per heavy atom. The van der Waals surface area contributed by atoms with E-state index in [0.29, 0.717) is 5.11 Å². The summed E-state index contributed by atoms with van der Waals surface area (Å²) in [5.41, 5.74) is 8.03. The third-order valence-corrected chi connectivity index (χ3v) is 3.45. The number of rotatable bonds is 3. The molecule has 2 N–H and O–H groups in total. The maximum absolute atomic E-state index is 5.26. The number of pyridine rings is 1. The minimum absolute atomic E-state index is 0.465. The lowest BCUT2D eigenvalue weighted by Crippen LogP contribution is -2.25. The SMILES string of the molecule is C/C(=N/NC(=S)Nc1cccc(C)c1C)c1cccnc1. The van der Waals surface area contributed by atoms with Crippen molar-refractivity contribution in [1.82, 2.24) is 10.4 Å². The summed E-state index contributed by atoms with van der Waals surface area (Å²) in [5.74, 6) is 0. The van der Waals surface area contributed by atoms with Crippen LogP contribution in [0.3, 0.4) is 0 Å². The monoisotopic (exact) mass is 298 g/mol. The minimum Gasteiger partial charge on any atom is -0.331 e. The van der Waals surface area contributed by atoms with E-state index >= 15 is 0 Å². The van der Waals surface area contributed by atoms with Gasteiger partial charge in [0.1, 0.15) is 0 Å². The average molecular weight is 298 g/mol. The second kappa shape index (κ2) is 6.95. The van der Waals surface area contributed by atoms with Gasteiger partial charge in [-0.3, -0.25) is 10.4 Å². The van der Waals surface area contributed by atoms with E-state index in [4.69, 9.17) is 12.2 Å². The fraction of sp³-hybridized carbons (Fsp3) is 0.188. The third-order valence-electron chi connectivity index (χ3n) is 3.26. The topological polar surface area (TPSA) is 49.3 Å². The summed E-state index contributed by atoms with van der Waals surface area (Å²) in [6.45, 7) is 6.04. The van der Waals surface area contributed by atoms with Crippen LogP contribution in [0.15, 0.2) is 47.8 Å². The Balaban J connectivity index is 2.01. The van der Waals surface area contributed by atoms with Crippen molar-refractivity contribution in [3.63, 3.8) is 0 Å². The molecule has 4 nitrogen and oxygen atoms in total. The van der Waals surface area contributed by atoms with Gasteiger partial charge in [0.25, 0.3) is 0 Å². The van der Waals surface area contributed by atoms with Crippen molar-refractivity contribution in [2.24, 2.45) is 5.10 Å². The van der Waals surface area contributed by atoms with Crippen LogP contribution in [0.4, 0.5) is 5.69 Å². The van der Waals surface area contributed by atoms with E-state index in [1.165, 1.54) is 11.1 Å². The first-order chi connectivity index (χ1) is 10.1. The van der Waals surface area contributed by atoms with Crippen LogP contribution in [0.1, 0.15) is 23.6 Å². The van der Waals surface area contributed by atoms with Gasteiger partial charge in [0.15, 0.2) is 5.11 Å². The molecule has 108 valence electrons. The van der Waals surface area contributed by atoms with Crippen LogP contribution in [0, 0.1) is 13.8 Å². The van der Waals surface area contributed by atoms with Gasteiger partial charge in [-0.15, -0.1) is 0 Å². The molecule has 0 aliphatic carbocycles. The number of anilines is 1. The Morgan fingerprint density at radius 1 is 1.19 bits per heavy atom. The lowest BCUT2D eigenvalue weighted by Gasteiger charge is -2.12. The van der Waals surface area contributed by atoms with E-state index < -0.39 is 0 Å². The Hall–Kier alpha value is -2.27. The summed E-state index contributed by atoms with van der Waals surface area (Å²) in [5, 5.41) is 7.89. The number of nitrogens with one attached hydrogen (secondary N) is 2. The molecule has 21 heavy (non-hydrogen) atoms. The maximum Gasteiger partial charge on any atom is 0.191 e. The molecule has 0 saturated carbocycles. The predicted molar refractivity (Wildman–Crippen MR) is 91.7 cm³/mol. The number of hydrogen-bond acceptors (Lipinski definition) is 3. The normalized spacial score (nSPS) is 11.1. The van der Waals surface area contributed by atoms with Crippen LogP contribution < -0.4 is 10.7 Å². The van der Waals surface area contributed by atoms with Crippen molar-refractivity contribution >= 4 is 28.7 Å². The van der Waals surface area contributed by atoms with Gasteiger partial charge in [-0.25, -0.2) is 0 Å². The van der Waals surface area contributed by atoms with Gasteiger partial charge >= 0.3 is 0 Å². The fourth-order valence-electron chi connectivity index (χ4n) is 1.81. The van der Waals surface area contributed by atoms with Crippen LogP contribution in [0.25, 0.3) is 0 Å². The summed E-state index contributed by atoms with van der Waals surface area (Å²) in [6, 6.07) is 9.89. The lowest BCUT2D eigenvalue weighted by atomic mass is 10.1. The highest BCUT2D eigenvalue weighted by Gasteiger charge is 2.03. The van der Waals surface area contributed by atoms with Gasteiger partial charge in [-0.1, -0.05) is 18.2 Å². The molecule has 1 heterocycles. The molecule has 2 rings (SSSR count). The predicted octanol–water partition coefficient (Wildman–Crippen LogP) is 3.41. The van der Waals surface area contributed by atoms with Crippen molar-refractivity contribution in [2.75, 3.05) is 5.32 Å². The molecule has 0 fully saturated rings. The fourth-order valence-corrected chi connectivity index (χ4v) is 1.97. The molecule has 0 amide bonds. The van der Waals surface area contributed by atoms with E-state index in [2.05, 4.69) is 40.7 Å². The maximum atomic E-state index is 5.26. The molecule has 0 atom stereocenters. The van der Waals surface area contributed by atoms with Crippen LogP contribution in [-0.4, -0.2) is 15.8 Å². The van der Waals surface area contributed by atoms with Gasteiger partial charge < -0.3 is 5.32 Å². The molecule has 5 heteroatoms. The Kier molecular flexibility index (Phi) is 5.00. The largest absolute Gasteiger partial charge is 0.331 e. The molecule has 1 aromatic heterocycles. The summed E-state index contributed by atoms with van der Waals surface area (Å²) >= 11 is 5.26. The third kappa shape index (κ3) is 4.10.